The number of carboxylic acids is 1. The Morgan fingerprint density at radius 1 is 1.00 bits per heavy atom. The van der Waals surface area contributed by atoms with Gasteiger partial charge in [-0.1, -0.05) is 55.1 Å². The Morgan fingerprint density at radius 2 is 1.78 bits per heavy atom. The molecule has 1 aromatic heterocycles. The van der Waals surface area contributed by atoms with Gasteiger partial charge in [-0.3, -0.25) is 5.32 Å². The summed E-state index contributed by atoms with van der Waals surface area (Å²) in [4.78, 5) is 32.8. The van der Waals surface area contributed by atoms with E-state index in [0.29, 0.717) is 27.7 Å². The average Bonchev–Trinajstić information content (AvgIpc) is 3.67. The van der Waals surface area contributed by atoms with Crippen LogP contribution in [0.4, 0.5) is 9.18 Å². The van der Waals surface area contributed by atoms with Gasteiger partial charge in [0.15, 0.2) is 0 Å². The first kappa shape index (κ1) is 29.8. The van der Waals surface area contributed by atoms with Crippen LogP contribution in [0.5, 0.6) is 5.75 Å². The molecule has 0 radical (unpaired) electrons. The van der Waals surface area contributed by atoms with Crippen molar-refractivity contribution in [1.82, 2.24) is 20.3 Å². The fraction of sp³-hybridized carbons (Fsp3) is 0.229. The highest BCUT2D eigenvalue weighted by atomic mass is 35.5. The molecule has 0 spiro atoms. The molecular weight excluding hydrogens is 611 g/mol. The molecule has 1 amide bonds. The molecule has 5 aromatic rings. The average molecular weight is 641 g/mol. The molecule has 2 heterocycles. The molecule has 3 N–H and O–H groups in total. The Kier molecular flexibility index (Phi) is 8.06. The highest BCUT2D eigenvalue weighted by Gasteiger charge is 2.26. The van der Waals surface area contributed by atoms with Gasteiger partial charge in [-0.05, 0) is 83.6 Å². The second-order valence-electron chi connectivity index (χ2n) is 11.5. The molecule has 1 aliphatic carbocycles. The van der Waals surface area contributed by atoms with Gasteiger partial charge in [-0.2, -0.15) is 0 Å². The van der Waals surface area contributed by atoms with E-state index >= 15 is 4.39 Å². The first-order chi connectivity index (χ1) is 22.3. The number of nitrogens with one attached hydrogen (secondary N) is 2. The van der Waals surface area contributed by atoms with E-state index < -0.39 is 24.0 Å². The van der Waals surface area contributed by atoms with E-state index in [1.165, 1.54) is 6.07 Å². The number of imidazole rings is 1. The SMILES string of the molecule is O=C1NC(c2ccc(-c3ccc(Cl)cc3)c(COc3ccc(-c4nc5cc(C(=O)O)ccc5n4C4CCCCC4)c(F)c3)c2)NO1. The number of hydrogen-bond donors (Lipinski definition) is 3. The van der Waals surface area contributed by atoms with Crippen molar-refractivity contribution in [3.8, 4) is 28.3 Å². The molecule has 4 aromatic carbocycles. The van der Waals surface area contributed by atoms with Gasteiger partial charge < -0.3 is 19.2 Å². The molecule has 234 valence electrons. The Bertz CT molecular complexity index is 1960. The third-order valence-corrected chi connectivity index (χ3v) is 8.85. The zero-order valence-corrected chi connectivity index (χ0v) is 25.4. The van der Waals surface area contributed by atoms with Gasteiger partial charge in [-0.25, -0.2) is 19.0 Å². The third-order valence-electron chi connectivity index (χ3n) is 8.60. The van der Waals surface area contributed by atoms with Crippen molar-refractivity contribution < 1.29 is 28.7 Å². The molecular formula is C35H30ClFN4O5. The molecule has 1 aliphatic heterocycles. The van der Waals surface area contributed by atoms with E-state index in [-0.39, 0.29) is 18.2 Å². The van der Waals surface area contributed by atoms with E-state index in [0.717, 1.165) is 59.9 Å². The number of aromatic nitrogens is 2. The van der Waals surface area contributed by atoms with Gasteiger partial charge in [0.1, 0.15) is 30.2 Å². The number of aromatic carboxylic acids is 1. The molecule has 11 heteroatoms. The molecule has 2 aliphatic rings. The van der Waals surface area contributed by atoms with Gasteiger partial charge in [-0.15, -0.1) is 5.48 Å². The zero-order chi connectivity index (χ0) is 31.8. The highest BCUT2D eigenvalue weighted by molar-refractivity contribution is 6.30. The maximum Gasteiger partial charge on any atom is 0.427 e. The van der Waals surface area contributed by atoms with Gasteiger partial charge in [0, 0.05) is 17.1 Å². The van der Waals surface area contributed by atoms with E-state index in [2.05, 4.69) is 15.4 Å². The number of amides is 1. The lowest BCUT2D eigenvalue weighted by Crippen LogP contribution is -2.22. The number of hydrogen-bond acceptors (Lipinski definition) is 6. The predicted octanol–water partition coefficient (Wildman–Crippen LogP) is 8.19. The van der Waals surface area contributed by atoms with Crippen molar-refractivity contribution in [3.05, 3.63) is 106 Å². The highest BCUT2D eigenvalue weighted by Crippen LogP contribution is 2.38. The van der Waals surface area contributed by atoms with Crippen LogP contribution in [-0.2, 0) is 11.4 Å². The Morgan fingerprint density at radius 3 is 2.50 bits per heavy atom. The van der Waals surface area contributed by atoms with Crippen molar-refractivity contribution in [1.29, 1.82) is 0 Å². The Labute approximate surface area is 268 Å². The molecule has 7 rings (SSSR count). The topological polar surface area (TPSA) is 115 Å². The number of halogens is 2. The largest absolute Gasteiger partial charge is 0.489 e. The van der Waals surface area contributed by atoms with E-state index in [1.54, 1.807) is 42.5 Å². The first-order valence-electron chi connectivity index (χ1n) is 15.1. The molecule has 1 saturated heterocycles. The number of carbonyl (C=O) groups excluding carboxylic acids is 1. The summed E-state index contributed by atoms with van der Waals surface area (Å²) in [7, 11) is 0. The summed E-state index contributed by atoms with van der Waals surface area (Å²) in [6, 6.07) is 22.9. The van der Waals surface area contributed by atoms with E-state index in [9.17, 15) is 14.7 Å². The summed E-state index contributed by atoms with van der Waals surface area (Å²) in [5.74, 6) is -0.729. The number of carbonyl (C=O) groups is 2. The van der Waals surface area contributed by atoms with Gasteiger partial charge in [0.2, 0.25) is 0 Å². The third kappa shape index (κ3) is 5.89. The van der Waals surface area contributed by atoms with Crippen LogP contribution >= 0.6 is 11.6 Å². The number of carboxylic acid groups (broad SMARTS) is 1. The number of fused-ring (bicyclic) bond motifs is 1. The number of ether oxygens (including phenoxy) is 1. The minimum Gasteiger partial charge on any atom is -0.489 e. The van der Waals surface area contributed by atoms with Crippen molar-refractivity contribution in [2.75, 3.05) is 0 Å². The summed E-state index contributed by atoms with van der Waals surface area (Å²) in [6.45, 7) is 0.116. The van der Waals surface area contributed by atoms with Crippen LogP contribution in [0, 0.1) is 5.82 Å². The molecule has 1 unspecified atom stereocenters. The summed E-state index contributed by atoms with van der Waals surface area (Å²) in [5, 5.41) is 12.8. The monoisotopic (exact) mass is 640 g/mol. The minimum absolute atomic E-state index is 0.116. The summed E-state index contributed by atoms with van der Waals surface area (Å²) in [5.41, 5.74) is 7.81. The lowest BCUT2D eigenvalue weighted by atomic mass is 9.94. The fourth-order valence-corrected chi connectivity index (χ4v) is 6.45. The van der Waals surface area contributed by atoms with Crippen LogP contribution in [0.25, 0.3) is 33.5 Å². The smallest absolute Gasteiger partial charge is 0.427 e. The zero-order valence-electron chi connectivity index (χ0n) is 24.6. The fourth-order valence-electron chi connectivity index (χ4n) is 6.32. The standard InChI is InChI=1S/C35H30ClFN4O5/c36-24-10-6-20(7-11-24)27-13-8-21(32-39-35(44)46-40-32)16-23(27)19-45-26-12-14-28(29(37)18-26)33-38-30-17-22(34(42)43)9-15-31(30)41(33)25-4-2-1-3-5-25/h6-18,25,32,40H,1-5,19H2,(H,39,44)(H,42,43). The van der Waals surface area contributed by atoms with Gasteiger partial charge >= 0.3 is 12.1 Å². The van der Waals surface area contributed by atoms with Crippen LogP contribution < -0.4 is 15.5 Å². The first-order valence-corrected chi connectivity index (χ1v) is 15.5. The Balaban J connectivity index is 1.20. The summed E-state index contributed by atoms with van der Waals surface area (Å²) >= 11 is 6.12. The number of rotatable bonds is 8. The summed E-state index contributed by atoms with van der Waals surface area (Å²) in [6.07, 6.45) is 4.09. The number of benzene rings is 4. The van der Waals surface area contributed by atoms with Gasteiger partial charge in [0.05, 0.1) is 22.2 Å². The predicted molar refractivity (Wildman–Crippen MR) is 171 cm³/mol. The van der Waals surface area contributed by atoms with Crippen LogP contribution in [0.1, 0.15) is 65.8 Å². The van der Waals surface area contributed by atoms with Crippen LogP contribution in [0.2, 0.25) is 5.02 Å². The van der Waals surface area contributed by atoms with E-state index in [1.807, 2.05) is 30.3 Å². The second-order valence-corrected chi connectivity index (χ2v) is 12.0. The van der Waals surface area contributed by atoms with Crippen molar-refractivity contribution in [3.63, 3.8) is 0 Å². The lowest BCUT2D eigenvalue weighted by molar-refractivity contribution is 0.0697. The second kappa shape index (κ2) is 12.5. The van der Waals surface area contributed by atoms with Crippen molar-refractivity contribution >= 4 is 34.7 Å². The normalized spacial score (nSPS) is 16.7. The molecule has 2 fully saturated rings. The lowest BCUT2D eigenvalue weighted by Gasteiger charge is -2.25. The molecule has 1 saturated carbocycles. The molecule has 1 atom stereocenters. The maximum absolute atomic E-state index is 15.9. The van der Waals surface area contributed by atoms with Crippen LogP contribution in [0.3, 0.4) is 0 Å². The number of hydroxylamine groups is 1. The quantitative estimate of drug-likeness (QED) is 0.157. The Hall–Kier alpha value is -4.93. The molecule has 0 bridgehead atoms. The van der Waals surface area contributed by atoms with Crippen LogP contribution in [-0.4, -0.2) is 26.7 Å². The van der Waals surface area contributed by atoms with Crippen molar-refractivity contribution in [2.45, 2.75) is 50.9 Å². The minimum atomic E-state index is -1.04. The number of nitrogens with zero attached hydrogens (tertiary/aromatic N) is 2. The molecule has 9 nitrogen and oxygen atoms in total. The van der Waals surface area contributed by atoms with Gasteiger partial charge in [0.25, 0.3) is 0 Å². The van der Waals surface area contributed by atoms with Crippen molar-refractivity contribution in [2.24, 2.45) is 0 Å². The van der Waals surface area contributed by atoms with E-state index in [4.69, 9.17) is 26.2 Å². The maximum atomic E-state index is 15.9. The summed E-state index contributed by atoms with van der Waals surface area (Å²) < 4.78 is 24.1. The van der Waals surface area contributed by atoms with Crippen LogP contribution in [0.15, 0.2) is 78.9 Å². The molecule has 46 heavy (non-hydrogen) atoms.